The van der Waals surface area contributed by atoms with Crippen molar-refractivity contribution >= 4 is 17.1 Å². The molecule has 0 fully saturated rings. The number of hydrogen-bond acceptors (Lipinski definition) is 3. The summed E-state index contributed by atoms with van der Waals surface area (Å²) in [7, 11) is 0. The first-order chi connectivity index (χ1) is 14.2. The van der Waals surface area contributed by atoms with Gasteiger partial charge in [0.25, 0.3) is 0 Å². The van der Waals surface area contributed by atoms with E-state index >= 15 is 0 Å². The first kappa shape index (κ1) is 19.4. The number of nitrogens with zero attached hydrogens (tertiary/aromatic N) is 1. The molecule has 3 heteroatoms. The van der Waals surface area contributed by atoms with Gasteiger partial charge in [-0.15, -0.1) is 0 Å². The highest BCUT2D eigenvalue weighted by molar-refractivity contribution is 5.86. The summed E-state index contributed by atoms with van der Waals surface area (Å²) in [5, 5.41) is 0. The molecule has 150 valence electrons. The molecule has 29 heavy (non-hydrogen) atoms. The van der Waals surface area contributed by atoms with Crippen molar-refractivity contribution < 1.29 is 9.47 Å². The summed E-state index contributed by atoms with van der Waals surface area (Å²) in [5.41, 5.74) is 5.58. The summed E-state index contributed by atoms with van der Waals surface area (Å²) in [5.74, 6) is 2.70. The highest BCUT2D eigenvalue weighted by atomic mass is 16.5. The molecule has 0 bridgehead atoms. The van der Waals surface area contributed by atoms with Crippen molar-refractivity contribution in [2.45, 2.75) is 46.5 Å². The smallest absolute Gasteiger partial charge is 0.151 e. The van der Waals surface area contributed by atoms with Gasteiger partial charge in [0.2, 0.25) is 0 Å². The number of anilines is 3. The maximum Gasteiger partial charge on any atom is 0.151 e. The van der Waals surface area contributed by atoms with Gasteiger partial charge in [-0.2, -0.15) is 0 Å². The SMILES string of the molecule is CCCCCCOc1ccc(N2c3ccc(C)cc3Oc3cc(C)ccc32)cc1. The third kappa shape index (κ3) is 4.24. The molecule has 1 aliphatic heterocycles. The summed E-state index contributed by atoms with van der Waals surface area (Å²) in [6, 6.07) is 21.1. The molecule has 1 aliphatic rings. The molecule has 0 saturated carbocycles. The monoisotopic (exact) mass is 387 g/mol. The van der Waals surface area contributed by atoms with Crippen LogP contribution in [0.5, 0.6) is 17.2 Å². The molecule has 0 atom stereocenters. The molecule has 0 aliphatic carbocycles. The molecule has 0 N–H and O–H groups in total. The van der Waals surface area contributed by atoms with Crippen LogP contribution in [0, 0.1) is 13.8 Å². The van der Waals surface area contributed by atoms with E-state index in [0.717, 1.165) is 47.3 Å². The fourth-order valence-corrected chi connectivity index (χ4v) is 3.71. The van der Waals surface area contributed by atoms with Crippen molar-refractivity contribution in [3.05, 3.63) is 71.8 Å². The van der Waals surface area contributed by atoms with E-state index in [1.54, 1.807) is 0 Å². The van der Waals surface area contributed by atoms with E-state index in [9.17, 15) is 0 Å². The van der Waals surface area contributed by atoms with Gasteiger partial charge in [0.15, 0.2) is 11.5 Å². The lowest BCUT2D eigenvalue weighted by Gasteiger charge is -2.33. The Balaban J connectivity index is 1.61. The lowest BCUT2D eigenvalue weighted by molar-refractivity contribution is 0.305. The first-order valence-corrected chi connectivity index (χ1v) is 10.6. The highest BCUT2D eigenvalue weighted by Crippen LogP contribution is 2.50. The molecular formula is C26H29NO2. The third-order valence-corrected chi connectivity index (χ3v) is 5.29. The lowest BCUT2D eigenvalue weighted by Crippen LogP contribution is -2.16. The Bertz CT molecular complexity index is 927. The molecule has 0 spiro atoms. The number of aryl methyl sites for hydroxylation is 2. The Morgan fingerprint density at radius 3 is 1.97 bits per heavy atom. The predicted octanol–water partition coefficient (Wildman–Crippen LogP) is 7.84. The van der Waals surface area contributed by atoms with Crippen LogP contribution >= 0.6 is 0 Å². The van der Waals surface area contributed by atoms with E-state index in [0.29, 0.717) is 0 Å². The summed E-state index contributed by atoms with van der Waals surface area (Å²) in [4.78, 5) is 2.26. The van der Waals surface area contributed by atoms with Crippen molar-refractivity contribution in [2.75, 3.05) is 11.5 Å². The normalized spacial score (nSPS) is 12.2. The average Bonchev–Trinajstić information content (AvgIpc) is 2.72. The van der Waals surface area contributed by atoms with Crippen LogP contribution in [0.1, 0.15) is 43.7 Å². The number of hydrogen-bond donors (Lipinski definition) is 0. The topological polar surface area (TPSA) is 21.7 Å². The van der Waals surface area contributed by atoms with Crippen LogP contribution in [0.2, 0.25) is 0 Å². The van der Waals surface area contributed by atoms with Crippen LogP contribution in [0.25, 0.3) is 0 Å². The first-order valence-electron chi connectivity index (χ1n) is 10.6. The molecule has 0 unspecified atom stereocenters. The van der Waals surface area contributed by atoms with Gasteiger partial charge >= 0.3 is 0 Å². The molecule has 3 aromatic carbocycles. The maximum absolute atomic E-state index is 6.23. The van der Waals surface area contributed by atoms with Crippen LogP contribution in [-0.4, -0.2) is 6.61 Å². The second-order valence-electron chi connectivity index (χ2n) is 7.78. The van der Waals surface area contributed by atoms with Crippen molar-refractivity contribution in [3.63, 3.8) is 0 Å². The number of ether oxygens (including phenoxy) is 2. The van der Waals surface area contributed by atoms with Crippen molar-refractivity contribution in [1.29, 1.82) is 0 Å². The molecule has 3 nitrogen and oxygen atoms in total. The Hall–Kier alpha value is -2.94. The van der Waals surface area contributed by atoms with E-state index in [1.165, 1.54) is 30.4 Å². The van der Waals surface area contributed by atoms with Gasteiger partial charge in [0.05, 0.1) is 18.0 Å². The minimum Gasteiger partial charge on any atom is -0.494 e. The van der Waals surface area contributed by atoms with Gasteiger partial charge < -0.3 is 14.4 Å². The summed E-state index contributed by atoms with van der Waals surface area (Å²) >= 11 is 0. The number of unbranched alkanes of at least 4 members (excludes halogenated alkanes) is 3. The fraction of sp³-hybridized carbons (Fsp3) is 0.308. The van der Waals surface area contributed by atoms with Gasteiger partial charge in [-0.25, -0.2) is 0 Å². The van der Waals surface area contributed by atoms with Crippen LogP contribution in [0.3, 0.4) is 0 Å². The zero-order valence-corrected chi connectivity index (χ0v) is 17.6. The Kier molecular flexibility index (Phi) is 5.75. The Morgan fingerprint density at radius 1 is 0.759 bits per heavy atom. The van der Waals surface area contributed by atoms with Crippen molar-refractivity contribution in [2.24, 2.45) is 0 Å². The lowest BCUT2D eigenvalue weighted by atomic mass is 10.1. The zero-order valence-electron chi connectivity index (χ0n) is 17.6. The maximum atomic E-state index is 6.23. The second kappa shape index (κ2) is 8.60. The summed E-state index contributed by atoms with van der Waals surface area (Å²) in [6.07, 6.45) is 4.86. The Labute approximate surface area is 173 Å². The standard InChI is InChI=1S/C26H29NO2/c1-4-5-6-7-16-28-22-12-10-21(11-13-22)27-23-14-8-19(2)17-25(23)29-26-18-20(3)9-15-24(26)27/h8-15,17-18H,4-7,16H2,1-3H3. The van der Waals surface area contributed by atoms with Crippen LogP contribution in [-0.2, 0) is 0 Å². The van der Waals surface area contributed by atoms with Crippen molar-refractivity contribution in [3.8, 4) is 17.2 Å². The minimum absolute atomic E-state index is 0.779. The van der Waals surface area contributed by atoms with Gasteiger partial charge in [0, 0.05) is 5.69 Å². The third-order valence-electron chi connectivity index (χ3n) is 5.29. The van der Waals surface area contributed by atoms with E-state index in [2.05, 4.69) is 86.3 Å². The van der Waals surface area contributed by atoms with E-state index in [4.69, 9.17) is 9.47 Å². The van der Waals surface area contributed by atoms with Gasteiger partial charge in [0.1, 0.15) is 5.75 Å². The molecule has 3 aromatic rings. The molecule has 0 aromatic heterocycles. The van der Waals surface area contributed by atoms with Crippen LogP contribution < -0.4 is 14.4 Å². The molecule has 0 radical (unpaired) electrons. The Morgan fingerprint density at radius 2 is 1.38 bits per heavy atom. The van der Waals surface area contributed by atoms with Gasteiger partial charge in [-0.05, 0) is 79.9 Å². The molecule has 0 amide bonds. The highest BCUT2D eigenvalue weighted by Gasteiger charge is 2.25. The number of benzene rings is 3. The fourth-order valence-electron chi connectivity index (χ4n) is 3.71. The van der Waals surface area contributed by atoms with E-state index in [-0.39, 0.29) is 0 Å². The van der Waals surface area contributed by atoms with E-state index in [1.807, 2.05) is 0 Å². The molecule has 1 heterocycles. The van der Waals surface area contributed by atoms with Crippen LogP contribution in [0.4, 0.5) is 17.1 Å². The largest absolute Gasteiger partial charge is 0.494 e. The average molecular weight is 388 g/mol. The number of fused-ring (bicyclic) bond motifs is 2. The zero-order chi connectivity index (χ0) is 20.2. The number of rotatable bonds is 7. The summed E-state index contributed by atoms with van der Waals surface area (Å²) in [6.45, 7) is 7.18. The summed E-state index contributed by atoms with van der Waals surface area (Å²) < 4.78 is 12.2. The second-order valence-corrected chi connectivity index (χ2v) is 7.78. The van der Waals surface area contributed by atoms with Gasteiger partial charge in [-0.3, -0.25) is 0 Å². The molecule has 0 saturated heterocycles. The van der Waals surface area contributed by atoms with Gasteiger partial charge in [-0.1, -0.05) is 38.3 Å². The molecule has 4 rings (SSSR count). The minimum atomic E-state index is 0.779. The van der Waals surface area contributed by atoms with Crippen molar-refractivity contribution in [1.82, 2.24) is 0 Å². The molecular weight excluding hydrogens is 358 g/mol. The predicted molar refractivity (Wildman–Crippen MR) is 120 cm³/mol. The van der Waals surface area contributed by atoms with E-state index < -0.39 is 0 Å². The van der Waals surface area contributed by atoms with Crippen LogP contribution in [0.15, 0.2) is 60.7 Å². The quantitative estimate of drug-likeness (QED) is 0.301.